The molecule has 8 heteroatoms. The SMILES string of the molecule is CO[C@H](CCO)[C@H](OC(=O)Nc1ccc(C(C)=O)cc1)c1cc(I)ccc1O. The highest BCUT2D eigenvalue weighted by Crippen LogP contribution is 2.33. The van der Waals surface area contributed by atoms with E-state index in [-0.39, 0.29) is 24.6 Å². The number of aliphatic hydroxyl groups is 1. The molecule has 0 fully saturated rings. The number of aromatic hydroxyl groups is 1. The summed E-state index contributed by atoms with van der Waals surface area (Å²) in [4.78, 5) is 23.8. The fraction of sp³-hybridized carbons (Fsp3) is 0.300. The van der Waals surface area contributed by atoms with Gasteiger partial charge in [0, 0.05) is 40.5 Å². The third-order valence-corrected chi connectivity index (χ3v) is 4.79. The van der Waals surface area contributed by atoms with Gasteiger partial charge in [0.05, 0.1) is 0 Å². The Kier molecular flexibility index (Phi) is 8.21. The normalized spacial score (nSPS) is 12.9. The molecule has 2 rings (SSSR count). The molecule has 2 aromatic carbocycles. The Morgan fingerprint density at radius 1 is 1.18 bits per heavy atom. The Bertz CT molecular complexity index is 824. The van der Waals surface area contributed by atoms with Crippen LogP contribution in [0.3, 0.4) is 0 Å². The van der Waals surface area contributed by atoms with Crippen molar-refractivity contribution in [3.05, 3.63) is 57.2 Å². The number of Topliss-reactive ketones (excluding diaryl/α,β-unsaturated/α-hetero) is 1. The number of carbonyl (C=O) groups is 2. The van der Waals surface area contributed by atoms with Crippen molar-refractivity contribution in [1.82, 2.24) is 0 Å². The van der Waals surface area contributed by atoms with Gasteiger partial charge in [-0.15, -0.1) is 0 Å². The third kappa shape index (κ3) is 5.91. The van der Waals surface area contributed by atoms with Gasteiger partial charge in [-0.05, 0) is 72.0 Å². The van der Waals surface area contributed by atoms with Crippen molar-refractivity contribution in [3.63, 3.8) is 0 Å². The maximum atomic E-state index is 12.4. The largest absolute Gasteiger partial charge is 0.508 e. The van der Waals surface area contributed by atoms with E-state index in [1.807, 2.05) is 0 Å². The second-order valence-corrected chi connectivity index (χ2v) is 7.32. The lowest BCUT2D eigenvalue weighted by molar-refractivity contribution is -0.0314. The lowest BCUT2D eigenvalue weighted by Crippen LogP contribution is -2.29. The number of anilines is 1. The summed E-state index contributed by atoms with van der Waals surface area (Å²) in [5.74, 6) is -0.112. The van der Waals surface area contributed by atoms with Crippen molar-refractivity contribution in [3.8, 4) is 5.75 Å². The molecular formula is C20H22INO6. The molecule has 0 heterocycles. The smallest absolute Gasteiger partial charge is 0.412 e. The average molecular weight is 499 g/mol. The number of halogens is 1. The second kappa shape index (κ2) is 10.4. The number of carbonyl (C=O) groups excluding carboxylic acids is 2. The standard InChI is InChI=1S/C20H22INO6/c1-12(24)13-3-6-15(7-4-13)22-20(26)28-19(18(27-2)9-10-23)16-11-14(21)5-8-17(16)25/h3-8,11,18-19,23,25H,9-10H2,1-2H3,(H,22,26)/t18-,19-/m1/s1. The zero-order valence-corrected chi connectivity index (χ0v) is 17.7. The first-order valence-electron chi connectivity index (χ1n) is 8.56. The molecular weight excluding hydrogens is 477 g/mol. The van der Waals surface area contributed by atoms with Gasteiger partial charge in [0.2, 0.25) is 0 Å². The molecule has 3 N–H and O–H groups in total. The first-order chi connectivity index (χ1) is 13.3. The lowest BCUT2D eigenvalue weighted by atomic mass is 10.0. The molecule has 0 aromatic heterocycles. The average Bonchev–Trinajstić information content (AvgIpc) is 2.67. The van der Waals surface area contributed by atoms with Crippen molar-refractivity contribution < 1.29 is 29.3 Å². The molecule has 2 aromatic rings. The van der Waals surface area contributed by atoms with Gasteiger partial charge in [-0.25, -0.2) is 4.79 Å². The van der Waals surface area contributed by atoms with Gasteiger partial charge in [0.1, 0.15) is 11.9 Å². The Morgan fingerprint density at radius 2 is 1.86 bits per heavy atom. The number of rotatable bonds is 8. The number of hydrogen-bond acceptors (Lipinski definition) is 6. The Morgan fingerprint density at radius 3 is 2.43 bits per heavy atom. The van der Waals surface area contributed by atoms with E-state index in [1.54, 1.807) is 36.4 Å². The minimum Gasteiger partial charge on any atom is -0.508 e. The van der Waals surface area contributed by atoms with Crippen LogP contribution >= 0.6 is 22.6 Å². The molecule has 0 radical (unpaired) electrons. The summed E-state index contributed by atoms with van der Waals surface area (Å²) in [6, 6.07) is 11.3. The molecule has 0 spiro atoms. The first kappa shape index (κ1) is 22.1. The van der Waals surface area contributed by atoms with Gasteiger partial charge in [-0.1, -0.05) is 0 Å². The van der Waals surface area contributed by atoms with Gasteiger partial charge in [-0.2, -0.15) is 0 Å². The number of benzene rings is 2. The van der Waals surface area contributed by atoms with Crippen LogP contribution in [0.4, 0.5) is 10.5 Å². The van der Waals surface area contributed by atoms with E-state index in [4.69, 9.17) is 9.47 Å². The lowest BCUT2D eigenvalue weighted by Gasteiger charge is -2.26. The number of amides is 1. The summed E-state index contributed by atoms with van der Waals surface area (Å²) in [5, 5.41) is 22.1. The third-order valence-electron chi connectivity index (χ3n) is 4.12. The monoisotopic (exact) mass is 499 g/mol. The summed E-state index contributed by atoms with van der Waals surface area (Å²) >= 11 is 2.09. The van der Waals surface area contributed by atoms with Crippen LogP contribution < -0.4 is 5.32 Å². The number of hydrogen-bond donors (Lipinski definition) is 3. The van der Waals surface area contributed by atoms with Gasteiger partial charge < -0.3 is 19.7 Å². The highest BCUT2D eigenvalue weighted by Gasteiger charge is 2.29. The molecule has 1 amide bonds. The second-order valence-electron chi connectivity index (χ2n) is 6.07. The zero-order chi connectivity index (χ0) is 20.7. The predicted octanol–water partition coefficient (Wildman–Crippen LogP) is 3.89. The van der Waals surface area contributed by atoms with Crippen LogP contribution in [0.1, 0.15) is 35.4 Å². The molecule has 0 aliphatic carbocycles. The van der Waals surface area contributed by atoms with Gasteiger partial charge in [-0.3, -0.25) is 10.1 Å². The van der Waals surface area contributed by atoms with Crippen molar-refractivity contribution >= 4 is 40.2 Å². The van der Waals surface area contributed by atoms with E-state index in [9.17, 15) is 19.8 Å². The number of ether oxygens (including phenoxy) is 2. The highest BCUT2D eigenvalue weighted by atomic mass is 127. The Balaban J connectivity index is 2.22. The number of phenolic OH excluding ortho intramolecular Hbond substituents is 1. The molecule has 0 unspecified atom stereocenters. The molecule has 0 aliphatic heterocycles. The number of methoxy groups -OCH3 is 1. The van der Waals surface area contributed by atoms with Crippen LogP contribution in [-0.2, 0) is 9.47 Å². The van der Waals surface area contributed by atoms with Crippen molar-refractivity contribution in [2.45, 2.75) is 25.6 Å². The molecule has 0 aliphatic rings. The fourth-order valence-corrected chi connectivity index (χ4v) is 3.18. The molecule has 28 heavy (non-hydrogen) atoms. The van der Waals surface area contributed by atoms with E-state index < -0.39 is 18.3 Å². The molecule has 7 nitrogen and oxygen atoms in total. The van der Waals surface area contributed by atoms with Crippen LogP contribution in [0.15, 0.2) is 42.5 Å². The van der Waals surface area contributed by atoms with Crippen molar-refractivity contribution in [1.29, 1.82) is 0 Å². The fourth-order valence-electron chi connectivity index (χ4n) is 2.66. The minimum absolute atomic E-state index is 0.0379. The topological polar surface area (TPSA) is 105 Å². The Labute approximate surface area is 176 Å². The molecule has 150 valence electrons. The van der Waals surface area contributed by atoms with Crippen LogP contribution in [0, 0.1) is 3.57 Å². The number of ketones is 1. The highest BCUT2D eigenvalue weighted by molar-refractivity contribution is 14.1. The van der Waals surface area contributed by atoms with E-state index in [1.165, 1.54) is 20.1 Å². The van der Waals surface area contributed by atoms with Gasteiger partial charge in [0.25, 0.3) is 0 Å². The van der Waals surface area contributed by atoms with Crippen LogP contribution in [0.5, 0.6) is 5.75 Å². The molecule has 0 saturated carbocycles. The zero-order valence-electron chi connectivity index (χ0n) is 15.5. The van der Waals surface area contributed by atoms with E-state index in [2.05, 4.69) is 27.9 Å². The summed E-state index contributed by atoms with van der Waals surface area (Å²) in [7, 11) is 1.44. The number of aliphatic hydroxyl groups excluding tert-OH is 1. The quantitative estimate of drug-likeness (QED) is 0.376. The maximum Gasteiger partial charge on any atom is 0.412 e. The number of nitrogens with one attached hydrogen (secondary N) is 1. The number of phenols is 1. The van der Waals surface area contributed by atoms with Crippen LogP contribution in [-0.4, -0.2) is 41.9 Å². The minimum atomic E-state index is -0.927. The first-order valence-corrected chi connectivity index (χ1v) is 9.64. The molecule has 2 atom stereocenters. The van der Waals surface area contributed by atoms with Gasteiger partial charge >= 0.3 is 6.09 Å². The summed E-state index contributed by atoms with van der Waals surface area (Å²) in [6.45, 7) is 1.29. The molecule has 0 saturated heterocycles. The van der Waals surface area contributed by atoms with Crippen molar-refractivity contribution in [2.75, 3.05) is 19.0 Å². The summed E-state index contributed by atoms with van der Waals surface area (Å²) in [6.07, 6.45) is -2.12. The maximum absolute atomic E-state index is 12.4. The van der Waals surface area contributed by atoms with Crippen LogP contribution in [0.2, 0.25) is 0 Å². The molecule has 0 bridgehead atoms. The van der Waals surface area contributed by atoms with Crippen molar-refractivity contribution in [2.24, 2.45) is 0 Å². The van der Waals surface area contributed by atoms with E-state index >= 15 is 0 Å². The summed E-state index contributed by atoms with van der Waals surface area (Å²) < 4.78 is 11.8. The Hall–Kier alpha value is -2.17. The van der Waals surface area contributed by atoms with Gasteiger partial charge in [0.15, 0.2) is 11.9 Å². The van der Waals surface area contributed by atoms with E-state index in [0.29, 0.717) is 16.8 Å². The summed E-state index contributed by atoms with van der Waals surface area (Å²) in [5.41, 5.74) is 1.37. The van der Waals surface area contributed by atoms with E-state index in [0.717, 1.165) is 3.57 Å². The van der Waals surface area contributed by atoms with Crippen LogP contribution in [0.25, 0.3) is 0 Å². The predicted molar refractivity (Wildman–Crippen MR) is 113 cm³/mol.